The van der Waals surface area contributed by atoms with E-state index >= 15 is 0 Å². The normalized spacial score (nSPS) is 15.7. The highest BCUT2D eigenvalue weighted by molar-refractivity contribution is 5.71. The molecule has 3 aromatic heterocycles. The van der Waals surface area contributed by atoms with E-state index in [1.807, 2.05) is 24.3 Å². The van der Waals surface area contributed by atoms with E-state index in [4.69, 9.17) is 0 Å². The SMILES string of the molecule is c1cnnc(NC2CCN(c3ccc4nccnc4n3)CC2)c1. The van der Waals surface area contributed by atoms with Gasteiger partial charge in [-0.25, -0.2) is 9.97 Å². The number of piperidine rings is 1. The van der Waals surface area contributed by atoms with Crippen LogP contribution < -0.4 is 10.2 Å². The number of hydrogen-bond donors (Lipinski definition) is 1. The quantitative estimate of drug-likeness (QED) is 0.791. The minimum Gasteiger partial charge on any atom is -0.366 e. The molecule has 4 heterocycles. The Morgan fingerprint density at radius 3 is 2.70 bits per heavy atom. The van der Waals surface area contributed by atoms with Crippen LogP contribution in [-0.2, 0) is 0 Å². The fourth-order valence-corrected chi connectivity index (χ4v) is 2.86. The van der Waals surface area contributed by atoms with Gasteiger partial charge >= 0.3 is 0 Å². The molecular weight excluding hydrogens is 290 g/mol. The number of pyridine rings is 1. The summed E-state index contributed by atoms with van der Waals surface area (Å²) in [6.07, 6.45) is 7.12. The average Bonchev–Trinajstić information content (AvgIpc) is 2.63. The molecule has 1 N–H and O–H groups in total. The summed E-state index contributed by atoms with van der Waals surface area (Å²) in [5, 5.41) is 11.4. The number of rotatable bonds is 3. The van der Waals surface area contributed by atoms with Gasteiger partial charge in [-0.2, -0.15) is 5.10 Å². The van der Waals surface area contributed by atoms with Crippen LogP contribution >= 0.6 is 0 Å². The van der Waals surface area contributed by atoms with Gasteiger partial charge in [0.15, 0.2) is 5.65 Å². The Morgan fingerprint density at radius 2 is 1.87 bits per heavy atom. The lowest BCUT2D eigenvalue weighted by Gasteiger charge is -2.33. The third-order valence-electron chi connectivity index (χ3n) is 4.06. The molecule has 0 aliphatic carbocycles. The van der Waals surface area contributed by atoms with Crippen molar-refractivity contribution in [3.63, 3.8) is 0 Å². The summed E-state index contributed by atoms with van der Waals surface area (Å²) in [5.41, 5.74) is 1.53. The van der Waals surface area contributed by atoms with Gasteiger partial charge in [-0.05, 0) is 37.1 Å². The number of nitrogens with one attached hydrogen (secondary N) is 1. The van der Waals surface area contributed by atoms with Crippen molar-refractivity contribution in [2.24, 2.45) is 0 Å². The highest BCUT2D eigenvalue weighted by atomic mass is 15.2. The summed E-state index contributed by atoms with van der Waals surface area (Å²) in [6, 6.07) is 8.26. The van der Waals surface area contributed by atoms with Crippen LogP contribution in [0, 0.1) is 0 Å². The number of fused-ring (bicyclic) bond motifs is 1. The fourth-order valence-electron chi connectivity index (χ4n) is 2.86. The molecule has 1 saturated heterocycles. The Labute approximate surface area is 133 Å². The van der Waals surface area contributed by atoms with Gasteiger partial charge in [-0.1, -0.05) is 0 Å². The van der Waals surface area contributed by atoms with E-state index in [1.54, 1.807) is 18.6 Å². The largest absolute Gasteiger partial charge is 0.366 e. The average molecular weight is 307 g/mol. The summed E-state index contributed by atoms with van der Waals surface area (Å²) in [5.74, 6) is 1.81. The van der Waals surface area contributed by atoms with Crippen LogP contribution in [0.15, 0.2) is 42.9 Å². The Morgan fingerprint density at radius 1 is 1.00 bits per heavy atom. The lowest BCUT2D eigenvalue weighted by molar-refractivity contribution is 0.522. The van der Waals surface area contributed by atoms with E-state index in [9.17, 15) is 0 Å². The van der Waals surface area contributed by atoms with Crippen molar-refractivity contribution in [1.29, 1.82) is 0 Å². The second kappa shape index (κ2) is 6.12. The summed E-state index contributed by atoms with van der Waals surface area (Å²) in [4.78, 5) is 15.5. The predicted molar refractivity (Wildman–Crippen MR) is 88.2 cm³/mol. The van der Waals surface area contributed by atoms with Crippen molar-refractivity contribution in [1.82, 2.24) is 25.1 Å². The molecule has 0 aromatic carbocycles. The smallest absolute Gasteiger partial charge is 0.180 e. The van der Waals surface area contributed by atoms with Crippen LogP contribution in [0.5, 0.6) is 0 Å². The first-order valence-electron chi connectivity index (χ1n) is 7.75. The van der Waals surface area contributed by atoms with Crippen molar-refractivity contribution in [2.75, 3.05) is 23.3 Å². The fraction of sp³-hybridized carbons (Fsp3) is 0.312. The predicted octanol–water partition coefficient (Wildman–Crippen LogP) is 1.90. The number of aromatic nitrogens is 5. The molecule has 0 atom stereocenters. The first kappa shape index (κ1) is 13.8. The molecule has 0 bridgehead atoms. The van der Waals surface area contributed by atoms with Crippen LogP contribution in [-0.4, -0.2) is 44.3 Å². The van der Waals surface area contributed by atoms with Crippen molar-refractivity contribution in [3.05, 3.63) is 42.9 Å². The van der Waals surface area contributed by atoms with Crippen LogP contribution in [0.4, 0.5) is 11.6 Å². The highest BCUT2D eigenvalue weighted by Gasteiger charge is 2.20. The van der Waals surface area contributed by atoms with E-state index in [-0.39, 0.29) is 0 Å². The highest BCUT2D eigenvalue weighted by Crippen LogP contribution is 2.21. The number of nitrogens with zero attached hydrogens (tertiary/aromatic N) is 6. The summed E-state index contributed by atoms with van der Waals surface area (Å²) < 4.78 is 0. The molecule has 116 valence electrons. The van der Waals surface area contributed by atoms with Crippen molar-refractivity contribution < 1.29 is 0 Å². The van der Waals surface area contributed by atoms with Gasteiger partial charge in [-0.3, -0.25) is 4.98 Å². The van der Waals surface area contributed by atoms with Gasteiger partial charge < -0.3 is 10.2 Å². The molecular formula is C16H17N7. The zero-order valence-electron chi connectivity index (χ0n) is 12.6. The maximum Gasteiger partial charge on any atom is 0.180 e. The molecule has 1 fully saturated rings. The first-order chi connectivity index (χ1) is 11.4. The zero-order chi connectivity index (χ0) is 15.5. The van der Waals surface area contributed by atoms with Crippen LogP contribution in [0.25, 0.3) is 11.2 Å². The lowest BCUT2D eigenvalue weighted by Crippen LogP contribution is -2.39. The second-order valence-electron chi connectivity index (χ2n) is 5.58. The Kier molecular flexibility index (Phi) is 3.67. The molecule has 7 nitrogen and oxygen atoms in total. The topological polar surface area (TPSA) is 79.7 Å². The van der Waals surface area contributed by atoms with Crippen LogP contribution in [0.1, 0.15) is 12.8 Å². The van der Waals surface area contributed by atoms with Crippen molar-refractivity contribution in [2.45, 2.75) is 18.9 Å². The molecule has 23 heavy (non-hydrogen) atoms. The van der Waals surface area contributed by atoms with Crippen molar-refractivity contribution in [3.8, 4) is 0 Å². The third kappa shape index (κ3) is 3.03. The summed E-state index contributed by atoms with van der Waals surface area (Å²) >= 11 is 0. The van der Waals surface area contributed by atoms with E-state index in [2.05, 4.69) is 35.4 Å². The first-order valence-corrected chi connectivity index (χ1v) is 7.75. The van der Waals surface area contributed by atoms with Gasteiger partial charge in [0.1, 0.15) is 17.2 Å². The molecule has 0 amide bonds. The second-order valence-corrected chi connectivity index (χ2v) is 5.58. The minimum atomic E-state index is 0.420. The molecule has 0 unspecified atom stereocenters. The monoisotopic (exact) mass is 307 g/mol. The third-order valence-corrected chi connectivity index (χ3v) is 4.06. The standard InChI is InChI=1S/C16H17N7/c1-2-14(22-19-7-1)20-12-5-10-23(11-6-12)15-4-3-13-16(21-15)18-9-8-17-13/h1-4,7-9,12H,5-6,10-11H2,(H,20,22). The molecule has 1 aliphatic rings. The molecule has 0 radical (unpaired) electrons. The molecule has 7 heteroatoms. The summed E-state index contributed by atoms with van der Waals surface area (Å²) in [6.45, 7) is 1.91. The Hall–Kier alpha value is -2.83. The van der Waals surface area contributed by atoms with Crippen molar-refractivity contribution >= 4 is 22.8 Å². The zero-order valence-corrected chi connectivity index (χ0v) is 12.6. The summed E-state index contributed by atoms with van der Waals surface area (Å²) in [7, 11) is 0. The minimum absolute atomic E-state index is 0.420. The molecule has 4 rings (SSSR count). The van der Waals surface area contributed by atoms with E-state index < -0.39 is 0 Å². The van der Waals surface area contributed by atoms with Gasteiger partial charge in [0.05, 0.1) is 0 Å². The van der Waals surface area contributed by atoms with E-state index in [0.717, 1.165) is 43.1 Å². The van der Waals surface area contributed by atoms with Crippen LogP contribution in [0.3, 0.4) is 0 Å². The Bertz CT molecular complexity index is 785. The van der Waals surface area contributed by atoms with Gasteiger partial charge in [0.25, 0.3) is 0 Å². The number of anilines is 2. The van der Waals surface area contributed by atoms with Gasteiger partial charge in [0.2, 0.25) is 0 Å². The molecule has 0 spiro atoms. The van der Waals surface area contributed by atoms with Gasteiger partial charge in [0, 0.05) is 37.7 Å². The van der Waals surface area contributed by atoms with Gasteiger partial charge in [-0.15, -0.1) is 5.10 Å². The molecule has 1 aliphatic heterocycles. The maximum atomic E-state index is 4.62. The Balaban J connectivity index is 1.42. The lowest BCUT2D eigenvalue weighted by atomic mass is 10.1. The van der Waals surface area contributed by atoms with E-state index in [1.165, 1.54) is 0 Å². The van der Waals surface area contributed by atoms with Crippen LogP contribution in [0.2, 0.25) is 0 Å². The van der Waals surface area contributed by atoms with E-state index in [0.29, 0.717) is 11.7 Å². The molecule has 3 aromatic rings. The molecule has 0 saturated carbocycles. The number of hydrogen-bond acceptors (Lipinski definition) is 7. The maximum absolute atomic E-state index is 4.62.